The molecule has 0 unspecified atom stereocenters. The van der Waals surface area contributed by atoms with Crippen molar-refractivity contribution in [2.75, 3.05) is 0 Å². The van der Waals surface area contributed by atoms with Gasteiger partial charge in [0.25, 0.3) is 0 Å². The monoisotopic (exact) mass is 637 g/mol. The van der Waals surface area contributed by atoms with Crippen LogP contribution >= 0.6 is 0 Å². The van der Waals surface area contributed by atoms with Crippen molar-refractivity contribution in [3.63, 3.8) is 0 Å². The van der Waals surface area contributed by atoms with Gasteiger partial charge in [0.05, 0.1) is 0 Å². The third-order valence-corrected chi connectivity index (χ3v) is 18.3. The summed E-state index contributed by atoms with van der Waals surface area (Å²) in [5, 5.41) is 0.124. The minimum Gasteiger partial charge on any atom is -0.430 e. The summed E-state index contributed by atoms with van der Waals surface area (Å²) in [6.07, 6.45) is 40.9. The van der Waals surface area contributed by atoms with Crippen LogP contribution in [-0.2, 0) is 0 Å². The van der Waals surface area contributed by atoms with Crippen LogP contribution in [0.3, 0.4) is 0 Å². The highest BCUT2D eigenvalue weighted by Gasteiger charge is 2.63. The highest BCUT2D eigenvalue weighted by atomic mass is 28.4. The smallest absolute Gasteiger partial charge is 0.205 e. The van der Waals surface area contributed by atoms with Crippen LogP contribution in [0.25, 0.3) is 0 Å². The van der Waals surface area contributed by atoms with Gasteiger partial charge < -0.3 is 4.80 Å². The second-order valence-electron chi connectivity index (χ2n) is 17.1. The summed E-state index contributed by atoms with van der Waals surface area (Å²) < 4.78 is 0. The molecule has 0 saturated heterocycles. The summed E-state index contributed by atoms with van der Waals surface area (Å²) >= 11 is 0. The SMILES string of the molecule is CCCCCCCCCCCC(C)(C)[Si](O)(C(C)(C)CCCCCCCCCCC)C(C)(C)CCCCCCCCCCC. The first-order valence-corrected chi connectivity index (χ1v) is 22.6. The first-order chi connectivity index (χ1) is 20.9. The van der Waals surface area contributed by atoms with Gasteiger partial charge in [-0.3, -0.25) is 0 Å². The van der Waals surface area contributed by atoms with E-state index in [4.69, 9.17) is 0 Å². The lowest BCUT2D eigenvalue weighted by atomic mass is 9.99. The molecule has 1 nitrogen and oxygen atoms in total. The van der Waals surface area contributed by atoms with Gasteiger partial charge in [-0.05, 0) is 34.4 Å². The zero-order valence-electron chi connectivity index (χ0n) is 32.7. The van der Waals surface area contributed by atoms with Crippen LogP contribution in [-0.4, -0.2) is 13.1 Å². The molecule has 1 N–H and O–H groups in total. The van der Waals surface area contributed by atoms with Crippen molar-refractivity contribution in [1.82, 2.24) is 0 Å². The molecular weight excluding hydrogens is 549 g/mol. The molecule has 266 valence electrons. The van der Waals surface area contributed by atoms with Gasteiger partial charge in [-0.15, -0.1) is 0 Å². The van der Waals surface area contributed by atoms with E-state index in [1.165, 1.54) is 193 Å². The molecular formula is C42H88OSi. The van der Waals surface area contributed by atoms with E-state index in [-0.39, 0.29) is 15.1 Å². The number of hydrogen-bond acceptors (Lipinski definition) is 1. The van der Waals surface area contributed by atoms with E-state index in [1.54, 1.807) is 0 Å². The highest BCUT2D eigenvalue weighted by molar-refractivity contribution is 6.81. The van der Waals surface area contributed by atoms with Crippen LogP contribution in [0.15, 0.2) is 0 Å². The van der Waals surface area contributed by atoms with Crippen LogP contribution in [0.4, 0.5) is 0 Å². The zero-order valence-corrected chi connectivity index (χ0v) is 33.7. The van der Waals surface area contributed by atoms with Crippen molar-refractivity contribution in [3.8, 4) is 0 Å². The number of rotatable bonds is 33. The van der Waals surface area contributed by atoms with Gasteiger partial charge in [0.15, 0.2) is 0 Å². The Morgan fingerprint density at radius 3 is 0.636 bits per heavy atom. The Hall–Kier alpha value is 0.177. The van der Waals surface area contributed by atoms with Crippen LogP contribution < -0.4 is 0 Å². The van der Waals surface area contributed by atoms with Crippen LogP contribution in [0.1, 0.15) is 255 Å². The summed E-state index contributed by atoms with van der Waals surface area (Å²) in [5.74, 6) is 0. The maximum atomic E-state index is 13.3. The molecule has 0 aromatic rings. The zero-order chi connectivity index (χ0) is 33.2. The van der Waals surface area contributed by atoms with E-state index in [0.29, 0.717) is 0 Å². The quantitative estimate of drug-likeness (QED) is 0.0561. The Morgan fingerprint density at radius 2 is 0.455 bits per heavy atom. The van der Waals surface area contributed by atoms with Crippen molar-refractivity contribution in [2.45, 2.75) is 270 Å². The van der Waals surface area contributed by atoms with Crippen molar-refractivity contribution in [2.24, 2.45) is 0 Å². The molecule has 2 heteroatoms. The average Bonchev–Trinajstić information content (AvgIpc) is 2.97. The minimum atomic E-state index is -2.70. The largest absolute Gasteiger partial charge is 0.430 e. The maximum Gasteiger partial charge on any atom is 0.205 e. The lowest BCUT2D eigenvalue weighted by Gasteiger charge is -2.58. The molecule has 0 aliphatic heterocycles. The predicted octanol–water partition coefficient (Wildman–Crippen LogP) is 16.0. The lowest BCUT2D eigenvalue weighted by Crippen LogP contribution is -2.61. The molecule has 0 heterocycles. The molecule has 44 heavy (non-hydrogen) atoms. The fourth-order valence-electron chi connectivity index (χ4n) is 8.92. The molecule has 0 amide bonds. The van der Waals surface area contributed by atoms with E-state index < -0.39 is 8.32 Å². The van der Waals surface area contributed by atoms with E-state index >= 15 is 0 Å². The molecule has 0 aliphatic carbocycles. The topological polar surface area (TPSA) is 20.2 Å². The molecule has 0 saturated carbocycles. The molecule has 0 atom stereocenters. The van der Waals surface area contributed by atoms with Gasteiger partial charge in [0.1, 0.15) is 0 Å². The summed E-state index contributed by atoms with van der Waals surface area (Å²) in [5.41, 5.74) is 0. The first kappa shape index (κ1) is 44.2. The fourth-order valence-corrected chi connectivity index (χ4v) is 16.0. The van der Waals surface area contributed by atoms with E-state index in [1.807, 2.05) is 0 Å². The summed E-state index contributed by atoms with van der Waals surface area (Å²) in [6.45, 7) is 21.8. The molecule has 0 fully saturated rings. The maximum absolute atomic E-state index is 13.3. The molecule has 0 rings (SSSR count). The van der Waals surface area contributed by atoms with E-state index in [0.717, 1.165) is 0 Å². The molecule has 0 aliphatic rings. The molecule has 0 spiro atoms. The van der Waals surface area contributed by atoms with Gasteiger partial charge in [-0.1, -0.05) is 236 Å². The van der Waals surface area contributed by atoms with Crippen molar-refractivity contribution in [1.29, 1.82) is 0 Å². The van der Waals surface area contributed by atoms with E-state index in [2.05, 4.69) is 62.3 Å². The Morgan fingerprint density at radius 1 is 0.295 bits per heavy atom. The van der Waals surface area contributed by atoms with Crippen molar-refractivity contribution >= 4 is 8.32 Å². The molecule has 0 radical (unpaired) electrons. The van der Waals surface area contributed by atoms with Crippen molar-refractivity contribution in [3.05, 3.63) is 0 Å². The fraction of sp³-hybridized carbons (Fsp3) is 1.00. The molecule has 0 bridgehead atoms. The van der Waals surface area contributed by atoms with E-state index in [9.17, 15) is 4.80 Å². The van der Waals surface area contributed by atoms with Crippen LogP contribution in [0, 0.1) is 0 Å². The lowest BCUT2D eigenvalue weighted by molar-refractivity contribution is 0.301. The van der Waals surface area contributed by atoms with Gasteiger partial charge in [0.2, 0.25) is 8.32 Å². The van der Waals surface area contributed by atoms with Crippen molar-refractivity contribution < 1.29 is 4.80 Å². The standard InChI is InChI=1S/C42H88OSi/c1-10-13-16-19-22-25-28-31-34-37-40(4,5)44(43,41(6,7)38-35-32-29-26-23-20-17-14-11-2)42(8,9)39-36-33-30-27-24-21-18-15-12-3/h43H,10-39H2,1-9H3. The number of unbranched alkanes of at least 4 members (excludes halogenated alkanes) is 24. The Labute approximate surface area is 282 Å². The minimum absolute atomic E-state index is 0.0414. The average molecular weight is 637 g/mol. The second-order valence-corrected chi connectivity index (χ2v) is 22.6. The second kappa shape index (κ2) is 26.2. The Kier molecular flexibility index (Phi) is 26.3. The molecule has 0 aromatic carbocycles. The third kappa shape index (κ3) is 17.9. The van der Waals surface area contributed by atoms with Gasteiger partial charge in [-0.25, -0.2) is 0 Å². The number of hydrogen-bond donors (Lipinski definition) is 1. The van der Waals surface area contributed by atoms with Crippen LogP contribution in [0.2, 0.25) is 15.1 Å². The summed E-state index contributed by atoms with van der Waals surface area (Å²) in [4.78, 5) is 13.3. The summed E-state index contributed by atoms with van der Waals surface area (Å²) in [6, 6.07) is 0. The normalized spacial score (nSPS) is 13.2. The third-order valence-electron chi connectivity index (χ3n) is 11.7. The first-order valence-electron chi connectivity index (χ1n) is 20.7. The van der Waals surface area contributed by atoms with Gasteiger partial charge in [-0.2, -0.15) is 0 Å². The Balaban J connectivity index is 5.18. The highest BCUT2D eigenvalue weighted by Crippen LogP contribution is 2.65. The van der Waals surface area contributed by atoms with Gasteiger partial charge >= 0.3 is 0 Å². The van der Waals surface area contributed by atoms with Gasteiger partial charge in [0, 0.05) is 0 Å². The summed E-state index contributed by atoms with van der Waals surface area (Å²) in [7, 11) is -2.70. The van der Waals surface area contributed by atoms with Crippen LogP contribution in [0.5, 0.6) is 0 Å². The predicted molar refractivity (Wildman–Crippen MR) is 206 cm³/mol. The molecule has 0 aromatic heterocycles. The Bertz CT molecular complexity index is 538.